The summed E-state index contributed by atoms with van der Waals surface area (Å²) in [6, 6.07) is 0.243. The average molecular weight is 307 g/mol. The van der Waals surface area contributed by atoms with Crippen LogP contribution in [0.5, 0.6) is 0 Å². The number of ether oxygens (including phenoxy) is 1. The largest absolute Gasteiger partial charge is 0.465 e. The van der Waals surface area contributed by atoms with Crippen molar-refractivity contribution < 1.29 is 9.53 Å². The van der Waals surface area contributed by atoms with E-state index < -0.39 is 5.97 Å². The maximum atomic E-state index is 12.0. The van der Waals surface area contributed by atoms with Gasteiger partial charge in [-0.3, -0.25) is 0 Å². The van der Waals surface area contributed by atoms with Gasteiger partial charge >= 0.3 is 5.97 Å². The Hall–Kier alpha value is -2.09. The second-order valence-corrected chi connectivity index (χ2v) is 5.97. The fraction of sp³-hybridized carbons (Fsp3) is 0.462. The lowest BCUT2D eigenvalue weighted by molar-refractivity contribution is 0.0603. The zero-order valence-corrected chi connectivity index (χ0v) is 12.7. The van der Waals surface area contributed by atoms with E-state index in [0.717, 1.165) is 0 Å². The Bertz CT molecular complexity index is 648. The molecule has 0 bridgehead atoms. The zero-order valence-electron chi connectivity index (χ0n) is 11.9. The highest BCUT2D eigenvalue weighted by Crippen LogP contribution is 2.35. The van der Waals surface area contributed by atoms with Crippen molar-refractivity contribution in [3.05, 3.63) is 17.1 Å². The molecule has 0 saturated heterocycles. The minimum absolute atomic E-state index is 0.238. The molecule has 1 saturated carbocycles. The van der Waals surface area contributed by atoms with Crippen LogP contribution >= 0.6 is 11.3 Å². The third kappa shape index (κ3) is 2.58. The third-order valence-corrected chi connectivity index (χ3v) is 4.35. The first-order valence-corrected chi connectivity index (χ1v) is 7.63. The summed E-state index contributed by atoms with van der Waals surface area (Å²) in [6.07, 6.45) is 4.06. The highest BCUT2D eigenvalue weighted by Gasteiger charge is 2.31. The lowest BCUT2D eigenvalue weighted by atomic mass is 10.2. The van der Waals surface area contributed by atoms with Gasteiger partial charge in [0, 0.05) is 17.6 Å². The van der Waals surface area contributed by atoms with Crippen LogP contribution in [-0.4, -0.2) is 33.9 Å². The SMILES string of the molecule is COC(=O)c1c(NC(C)C2CC2)nn(-c2nccs2)c1N. The molecule has 1 atom stereocenters. The monoisotopic (exact) mass is 307 g/mol. The number of rotatable bonds is 5. The molecule has 0 aromatic carbocycles. The zero-order chi connectivity index (χ0) is 15.0. The Kier molecular flexibility index (Phi) is 3.54. The number of anilines is 2. The molecule has 7 nitrogen and oxygen atoms in total. The molecule has 2 heterocycles. The molecular formula is C13H17N5O2S. The Morgan fingerprint density at radius 2 is 2.38 bits per heavy atom. The second-order valence-electron chi connectivity index (χ2n) is 5.10. The maximum absolute atomic E-state index is 12.0. The van der Waals surface area contributed by atoms with E-state index in [1.54, 1.807) is 6.20 Å². The van der Waals surface area contributed by atoms with Crippen molar-refractivity contribution in [2.75, 3.05) is 18.2 Å². The summed E-state index contributed by atoms with van der Waals surface area (Å²) in [4.78, 5) is 16.2. The topological polar surface area (TPSA) is 95.1 Å². The van der Waals surface area contributed by atoms with Crippen LogP contribution in [0, 0.1) is 5.92 Å². The van der Waals surface area contributed by atoms with Crippen molar-refractivity contribution >= 4 is 28.9 Å². The Labute approximate surface area is 126 Å². The van der Waals surface area contributed by atoms with Crippen LogP contribution in [0.3, 0.4) is 0 Å². The molecule has 2 aromatic rings. The standard InChI is InChI=1S/C13H17N5O2S/c1-7(8-3-4-8)16-11-9(12(19)20-2)10(14)18(17-11)13-15-5-6-21-13/h5-8H,3-4,14H2,1-2H3,(H,16,17). The molecule has 8 heteroatoms. The van der Waals surface area contributed by atoms with E-state index in [2.05, 4.69) is 22.3 Å². The molecule has 0 spiro atoms. The summed E-state index contributed by atoms with van der Waals surface area (Å²) in [5.74, 6) is 0.818. The van der Waals surface area contributed by atoms with Crippen LogP contribution in [0.1, 0.15) is 30.1 Å². The minimum Gasteiger partial charge on any atom is -0.465 e. The van der Waals surface area contributed by atoms with E-state index in [4.69, 9.17) is 10.5 Å². The van der Waals surface area contributed by atoms with Gasteiger partial charge in [0.05, 0.1) is 7.11 Å². The van der Waals surface area contributed by atoms with Crippen LogP contribution < -0.4 is 11.1 Å². The van der Waals surface area contributed by atoms with Crippen molar-refractivity contribution in [1.82, 2.24) is 14.8 Å². The van der Waals surface area contributed by atoms with Gasteiger partial charge in [0.25, 0.3) is 0 Å². The molecule has 112 valence electrons. The van der Waals surface area contributed by atoms with Gasteiger partial charge in [0.1, 0.15) is 11.4 Å². The Morgan fingerprint density at radius 1 is 1.62 bits per heavy atom. The fourth-order valence-corrected chi connectivity index (χ4v) is 2.84. The van der Waals surface area contributed by atoms with E-state index in [1.807, 2.05) is 5.38 Å². The normalized spacial score (nSPS) is 15.7. The number of nitrogens with zero attached hydrogens (tertiary/aromatic N) is 3. The van der Waals surface area contributed by atoms with E-state index >= 15 is 0 Å². The molecule has 0 aliphatic heterocycles. The molecular weight excluding hydrogens is 290 g/mol. The van der Waals surface area contributed by atoms with Gasteiger partial charge in [-0.1, -0.05) is 0 Å². The fourth-order valence-electron chi connectivity index (χ4n) is 2.23. The van der Waals surface area contributed by atoms with Gasteiger partial charge in [0.15, 0.2) is 5.82 Å². The lowest BCUT2D eigenvalue weighted by Crippen LogP contribution is -2.19. The van der Waals surface area contributed by atoms with Crippen LogP contribution in [0.15, 0.2) is 11.6 Å². The van der Waals surface area contributed by atoms with E-state index in [9.17, 15) is 4.79 Å². The first kappa shape index (κ1) is 13.9. The quantitative estimate of drug-likeness (QED) is 0.819. The van der Waals surface area contributed by atoms with E-state index in [0.29, 0.717) is 16.9 Å². The number of aromatic nitrogens is 3. The highest BCUT2D eigenvalue weighted by molar-refractivity contribution is 7.12. The van der Waals surface area contributed by atoms with Crippen molar-refractivity contribution in [3.63, 3.8) is 0 Å². The Morgan fingerprint density at radius 3 is 2.95 bits per heavy atom. The smallest absolute Gasteiger partial charge is 0.345 e. The third-order valence-electron chi connectivity index (χ3n) is 3.60. The van der Waals surface area contributed by atoms with Gasteiger partial charge in [-0.2, -0.15) is 4.68 Å². The molecule has 1 aliphatic rings. The molecule has 0 amide bonds. The van der Waals surface area contributed by atoms with Crippen LogP contribution in [0.4, 0.5) is 11.6 Å². The molecule has 2 aromatic heterocycles. The number of carbonyl (C=O) groups is 1. The summed E-state index contributed by atoms with van der Waals surface area (Å²) in [5, 5.41) is 10.1. The van der Waals surface area contributed by atoms with Crippen molar-refractivity contribution in [2.24, 2.45) is 5.92 Å². The number of thiazole rings is 1. The van der Waals surface area contributed by atoms with E-state index in [1.165, 1.54) is 36.0 Å². The first-order chi connectivity index (χ1) is 10.1. The van der Waals surface area contributed by atoms with Gasteiger partial charge in [-0.05, 0) is 25.7 Å². The van der Waals surface area contributed by atoms with Gasteiger partial charge in [-0.25, -0.2) is 9.78 Å². The number of carbonyl (C=O) groups excluding carboxylic acids is 1. The summed E-state index contributed by atoms with van der Waals surface area (Å²) in [7, 11) is 1.33. The summed E-state index contributed by atoms with van der Waals surface area (Å²) in [6.45, 7) is 2.08. The van der Waals surface area contributed by atoms with Crippen LogP contribution in [-0.2, 0) is 4.74 Å². The number of nitrogens with one attached hydrogen (secondary N) is 1. The molecule has 1 unspecified atom stereocenters. The second kappa shape index (κ2) is 5.36. The molecule has 3 N–H and O–H groups in total. The minimum atomic E-state index is -0.499. The number of esters is 1. The number of hydrogen-bond donors (Lipinski definition) is 2. The lowest BCUT2D eigenvalue weighted by Gasteiger charge is -2.12. The summed E-state index contributed by atoms with van der Waals surface area (Å²) >= 11 is 1.40. The molecule has 1 fully saturated rings. The summed E-state index contributed by atoms with van der Waals surface area (Å²) in [5.41, 5.74) is 6.33. The first-order valence-electron chi connectivity index (χ1n) is 6.75. The van der Waals surface area contributed by atoms with Crippen molar-refractivity contribution in [1.29, 1.82) is 0 Å². The molecule has 1 aliphatic carbocycles. The maximum Gasteiger partial charge on any atom is 0.345 e. The van der Waals surface area contributed by atoms with Gasteiger partial charge in [0.2, 0.25) is 5.13 Å². The average Bonchev–Trinajstić information content (AvgIpc) is 3.10. The predicted molar refractivity (Wildman–Crippen MR) is 80.8 cm³/mol. The highest BCUT2D eigenvalue weighted by atomic mass is 32.1. The molecule has 0 radical (unpaired) electrons. The van der Waals surface area contributed by atoms with Gasteiger partial charge < -0.3 is 15.8 Å². The van der Waals surface area contributed by atoms with Gasteiger partial charge in [-0.15, -0.1) is 16.4 Å². The van der Waals surface area contributed by atoms with Crippen LogP contribution in [0.2, 0.25) is 0 Å². The van der Waals surface area contributed by atoms with Crippen molar-refractivity contribution in [2.45, 2.75) is 25.8 Å². The van der Waals surface area contributed by atoms with Crippen molar-refractivity contribution in [3.8, 4) is 5.13 Å². The van der Waals surface area contributed by atoms with Crippen LogP contribution in [0.25, 0.3) is 5.13 Å². The number of hydrogen-bond acceptors (Lipinski definition) is 7. The predicted octanol–water partition coefficient (Wildman–Crippen LogP) is 1.91. The number of nitrogen functional groups attached to an aromatic ring is 1. The molecule has 3 rings (SSSR count). The number of methoxy groups -OCH3 is 1. The molecule has 21 heavy (non-hydrogen) atoms. The Balaban J connectivity index is 2.00. The number of nitrogens with two attached hydrogens (primary N) is 1. The van der Waals surface area contributed by atoms with E-state index in [-0.39, 0.29) is 17.4 Å². The summed E-state index contributed by atoms with van der Waals surface area (Å²) < 4.78 is 6.29.